The maximum absolute atomic E-state index is 12.5. The number of carbonyl (C=O) groups excluding carboxylic acids is 1. The van der Waals surface area contributed by atoms with Crippen LogP contribution >= 0.6 is 23.1 Å². The van der Waals surface area contributed by atoms with Crippen molar-refractivity contribution >= 4 is 29.0 Å². The van der Waals surface area contributed by atoms with Crippen molar-refractivity contribution in [1.82, 2.24) is 9.88 Å². The minimum Gasteiger partial charge on any atom is -0.493 e. The number of ether oxygens (including phenoxy) is 2. The Hall–Kier alpha value is -1.77. The Morgan fingerprint density at radius 3 is 2.54 bits per heavy atom. The summed E-state index contributed by atoms with van der Waals surface area (Å²) in [5.74, 6) is 1.18. The van der Waals surface area contributed by atoms with Gasteiger partial charge in [-0.2, -0.15) is 0 Å². The van der Waals surface area contributed by atoms with Crippen LogP contribution in [0.2, 0.25) is 0 Å². The van der Waals surface area contributed by atoms with Crippen molar-refractivity contribution in [2.75, 3.05) is 27.5 Å². The van der Waals surface area contributed by atoms with Crippen LogP contribution in [0, 0.1) is 0 Å². The van der Waals surface area contributed by atoms with Gasteiger partial charge in [0, 0.05) is 30.4 Å². The Kier molecular flexibility index (Phi) is 6.47. The molecule has 2 N–H and O–H groups in total. The van der Waals surface area contributed by atoms with Gasteiger partial charge >= 0.3 is 0 Å². The highest BCUT2D eigenvalue weighted by atomic mass is 32.2. The van der Waals surface area contributed by atoms with E-state index in [2.05, 4.69) is 4.98 Å². The maximum atomic E-state index is 12.5. The van der Waals surface area contributed by atoms with Gasteiger partial charge in [0.25, 0.3) is 5.91 Å². The van der Waals surface area contributed by atoms with Gasteiger partial charge in [0.2, 0.25) is 0 Å². The molecular weight excluding hydrogens is 346 g/mol. The Labute approximate surface area is 150 Å². The number of hydrogen-bond donors (Lipinski definition) is 1. The van der Waals surface area contributed by atoms with Gasteiger partial charge in [-0.1, -0.05) is 0 Å². The first-order valence-corrected chi connectivity index (χ1v) is 9.33. The van der Waals surface area contributed by atoms with E-state index in [1.54, 1.807) is 43.3 Å². The number of thiazole rings is 1. The molecule has 0 aliphatic carbocycles. The van der Waals surface area contributed by atoms with Gasteiger partial charge in [-0.05, 0) is 24.0 Å². The predicted molar refractivity (Wildman–Crippen MR) is 97.1 cm³/mol. The molecule has 1 aromatic carbocycles. The van der Waals surface area contributed by atoms with E-state index in [0.717, 1.165) is 15.5 Å². The summed E-state index contributed by atoms with van der Waals surface area (Å²) in [6.45, 7) is 0.790. The SMILES string of the molecule is COc1cc(CN(C)C(=O)c2csc(CN)n2)c(SC)cc1OC. The monoisotopic (exact) mass is 367 g/mol. The van der Waals surface area contributed by atoms with Gasteiger partial charge in [0.15, 0.2) is 11.5 Å². The van der Waals surface area contributed by atoms with Crippen LogP contribution in [0.5, 0.6) is 11.5 Å². The lowest BCUT2D eigenvalue weighted by molar-refractivity contribution is 0.0779. The first kappa shape index (κ1) is 18.6. The number of carbonyl (C=O) groups is 1. The normalized spacial score (nSPS) is 10.5. The smallest absolute Gasteiger partial charge is 0.273 e. The summed E-state index contributed by atoms with van der Waals surface area (Å²) >= 11 is 2.99. The van der Waals surface area contributed by atoms with Crippen LogP contribution in [-0.2, 0) is 13.1 Å². The first-order valence-electron chi connectivity index (χ1n) is 7.22. The molecule has 1 heterocycles. The van der Waals surface area contributed by atoms with Gasteiger partial charge in [0.1, 0.15) is 10.7 Å². The van der Waals surface area contributed by atoms with E-state index in [1.165, 1.54) is 11.3 Å². The van der Waals surface area contributed by atoms with Gasteiger partial charge < -0.3 is 20.1 Å². The molecule has 0 saturated heterocycles. The minimum absolute atomic E-state index is 0.132. The van der Waals surface area contributed by atoms with E-state index >= 15 is 0 Å². The van der Waals surface area contributed by atoms with Crippen LogP contribution in [0.25, 0.3) is 0 Å². The number of amides is 1. The number of nitrogens with zero attached hydrogens (tertiary/aromatic N) is 2. The molecule has 0 aliphatic rings. The number of aromatic nitrogens is 1. The number of rotatable bonds is 7. The summed E-state index contributed by atoms with van der Waals surface area (Å²) in [4.78, 5) is 19.4. The van der Waals surface area contributed by atoms with Crippen LogP contribution < -0.4 is 15.2 Å². The molecule has 24 heavy (non-hydrogen) atoms. The third kappa shape index (κ3) is 4.00. The lowest BCUT2D eigenvalue weighted by Gasteiger charge is -2.19. The van der Waals surface area contributed by atoms with Gasteiger partial charge in [0.05, 0.1) is 14.2 Å². The lowest BCUT2D eigenvalue weighted by Crippen LogP contribution is -2.26. The fourth-order valence-electron chi connectivity index (χ4n) is 2.24. The molecule has 0 spiro atoms. The average molecular weight is 367 g/mol. The van der Waals surface area contributed by atoms with Crippen molar-refractivity contribution < 1.29 is 14.3 Å². The Morgan fingerprint density at radius 1 is 1.33 bits per heavy atom. The summed E-state index contributed by atoms with van der Waals surface area (Å²) in [6.07, 6.45) is 1.99. The predicted octanol–water partition coefficient (Wildman–Crippen LogP) is 2.61. The maximum Gasteiger partial charge on any atom is 0.273 e. The first-order chi connectivity index (χ1) is 11.5. The molecule has 0 aliphatic heterocycles. The van der Waals surface area contributed by atoms with Crippen molar-refractivity contribution in [2.24, 2.45) is 5.73 Å². The van der Waals surface area contributed by atoms with E-state index in [4.69, 9.17) is 15.2 Å². The van der Waals surface area contributed by atoms with Crippen molar-refractivity contribution in [3.63, 3.8) is 0 Å². The van der Waals surface area contributed by atoms with E-state index in [9.17, 15) is 4.79 Å². The summed E-state index contributed by atoms with van der Waals surface area (Å²) in [5, 5.41) is 2.49. The molecule has 2 aromatic rings. The molecule has 0 bridgehead atoms. The van der Waals surface area contributed by atoms with Crippen molar-refractivity contribution in [2.45, 2.75) is 18.0 Å². The van der Waals surface area contributed by atoms with E-state index < -0.39 is 0 Å². The fraction of sp³-hybridized carbons (Fsp3) is 0.375. The zero-order valence-corrected chi connectivity index (χ0v) is 15.8. The van der Waals surface area contributed by atoms with Crippen LogP contribution in [0.3, 0.4) is 0 Å². The highest BCUT2D eigenvalue weighted by molar-refractivity contribution is 7.98. The molecule has 1 aromatic heterocycles. The summed E-state index contributed by atoms with van der Waals surface area (Å²) < 4.78 is 10.7. The van der Waals surface area contributed by atoms with Crippen molar-refractivity contribution in [3.05, 3.63) is 33.8 Å². The molecule has 0 radical (unpaired) electrons. The van der Waals surface area contributed by atoms with Gasteiger partial charge in [-0.3, -0.25) is 4.79 Å². The molecule has 130 valence electrons. The lowest BCUT2D eigenvalue weighted by atomic mass is 10.2. The van der Waals surface area contributed by atoms with Gasteiger partial charge in [-0.15, -0.1) is 23.1 Å². The standard InChI is InChI=1S/C16H21N3O3S2/c1-19(16(20)11-9-24-15(7-17)18-11)8-10-5-12(21-2)13(22-3)6-14(10)23-4/h5-6,9H,7-8,17H2,1-4H3. The number of nitrogens with two attached hydrogens (primary N) is 1. The highest BCUT2D eigenvalue weighted by Crippen LogP contribution is 2.35. The van der Waals surface area contributed by atoms with Gasteiger partial charge in [-0.25, -0.2) is 4.98 Å². The number of methoxy groups -OCH3 is 2. The summed E-state index contributed by atoms with van der Waals surface area (Å²) in [6, 6.07) is 3.83. The van der Waals surface area contributed by atoms with E-state index in [0.29, 0.717) is 30.3 Å². The third-order valence-corrected chi connectivity index (χ3v) is 5.18. The molecule has 1 amide bonds. The topological polar surface area (TPSA) is 77.7 Å². The van der Waals surface area contributed by atoms with Crippen LogP contribution in [0.1, 0.15) is 21.1 Å². The fourth-order valence-corrected chi connectivity index (χ4v) is 3.50. The second-order valence-electron chi connectivity index (χ2n) is 5.01. The number of benzene rings is 1. The molecule has 6 nitrogen and oxygen atoms in total. The average Bonchev–Trinajstić information content (AvgIpc) is 3.09. The molecule has 0 unspecified atom stereocenters. The largest absolute Gasteiger partial charge is 0.493 e. The second-order valence-corrected chi connectivity index (χ2v) is 6.80. The van der Waals surface area contributed by atoms with Crippen LogP contribution in [-0.4, -0.2) is 43.3 Å². The Bertz CT molecular complexity index is 719. The number of thioether (sulfide) groups is 1. The molecule has 8 heteroatoms. The van der Waals surface area contributed by atoms with Crippen LogP contribution in [0.4, 0.5) is 0 Å². The molecule has 0 fully saturated rings. The molecular formula is C16H21N3O3S2. The summed E-state index contributed by atoms with van der Waals surface area (Å²) in [7, 11) is 4.96. The third-order valence-electron chi connectivity index (χ3n) is 3.49. The van der Waals surface area contributed by atoms with Crippen molar-refractivity contribution in [1.29, 1.82) is 0 Å². The van der Waals surface area contributed by atoms with E-state index in [1.807, 2.05) is 18.4 Å². The quantitative estimate of drug-likeness (QED) is 0.758. The Morgan fingerprint density at radius 2 is 2.00 bits per heavy atom. The minimum atomic E-state index is -0.132. The second kappa shape index (κ2) is 8.36. The molecule has 0 atom stereocenters. The Balaban J connectivity index is 2.23. The molecule has 2 rings (SSSR count). The zero-order valence-electron chi connectivity index (χ0n) is 14.2. The summed E-state index contributed by atoms with van der Waals surface area (Å²) in [5.41, 5.74) is 6.97. The highest BCUT2D eigenvalue weighted by Gasteiger charge is 2.18. The van der Waals surface area contributed by atoms with E-state index in [-0.39, 0.29) is 5.91 Å². The molecule has 0 saturated carbocycles. The van der Waals surface area contributed by atoms with Crippen molar-refractivity contribution in [3.8, 4) is 11.5 Å². The van der Waals surface area contributed by atoms with Crippen LogP contribution in [0.15, 0.2) is 22.4 Å². The zero-order chi connectivity index (χ0) is 17.7. The number of hydrogen-bond acceptors (Lipinski definition) is 7.